The summed E-state index contributed by atoms with van der Waals surface area (Å²) in [5.74, 6) is 0. The minimum Gasteiger partial charge on any atom is -0.390 e. The van der Waals surface area contributed by atoms with Crippen molar-refractivity contribution < 1.29 is 28.8 Å². The third kappa shape index (κ3) is 2.07. The SMILES string of the molecule is CC(C)([Si](O)(O)O)[Si](O)(O)O. The summed E-state index contributed by atoms with van der Waals surface area (Å²) < 4.78 is -2.01. The van der Waals surface area contributed by atoms with Gasteiger partial charge in [0.25, 0.3) is 0 Å². The van der Waals surface area contributed by atoms with Crippen LogP contribution in [-0.2, 0) is 0 Å². The molecule has 8 heteroatoms. The Kier molecular flexibility index (Phi) is 2.65. The summed E-state index contributed by atoms with van der Waals surface area (Å²) in [6, 6.07) is 0. The predicted octanol–water partition coefficient (Wildman–Crippen LogP) is -2.86. The standard InChI is InChI=1S/C3H12O6Si2/c1-3(2,10(4,5)6)11(7,8)9/h4-9H,1-2H3. The summed E-state index contributed by atoms with van der Waals surface area (Å²) in [6.45, 7) is 1.96. The molecule has 0 aromatic carbocycles. The van der Waals surface area contributed by atoms with Crippen molar-refractivity contribution in [1.82, 2.24) is 0 Å². The van der Waals surface area contributed by atoms with Gasteiger partial charge in [0.2, 0.25) is 0 Å². The molecule has 0 heterocycles. The van der Waals surface area contributed by atoms with Crippen molar-refractivity contribution in [3.8, 4) is 0 Å². The average molecular weight is 200 g/mol. The molecule has 0 spiro atoms. The highest BCUT2D eigenvalue weighted by Crippen LogP contribution is 2.37. The van der Waals surface area contributed by atoms with E-state index in [-0.39, 0.29) is 0 Å². The third-order valence-corrected chi connectivity index (χ3v) is 7.04. The summed E-state index contributed by atoms with van der Waals surface area (Å²) in [7, 11) is -9.42. The summed E-state index contributed by atoms with van der Waals surface area (Å²) in [6.07, 6.45) is 0. The summed E-state index contributed by atoms with van der Waals surface area (Å²) in [5.41, 5.74) is 0. The lowest BCUT2D eigenvalue weighted by Gasteiger charge is -2.33. The van der Waals surface area contributed by atoms with Crippen molar-refractivity contribution in [2.24, 2.45) is 0 Å². The highest BCUT2D eigenvalue weighted by molar-refractivity contribution is 6.81. The molecule has 0 radical (unpaired) electrons. The lowest BCUT2D eigenvalue weighted by Crippen LogP contribution is -2.62. The summed E-state index contributed by atoms with van der Waals surface area (Å²) in [5, 5.41) is 0. The minimum absolute atomic E-state index is 0.978. The average Bonchev–Trinajstić information content (AvgIpc) is 1.58. The zero-order valence-corrected chi connectivity index (χ0v) is 8.18. The lowest BCUT2D eigenvalue weighted by atomic mass is 10.5. The first-order chi connectivity index (χ1) is 4.50. The van der Waals surface area contributed by atoms with Crippen LogP contribution >= 0.6 is 0 Å². The number of hydrogen-bond acceptors (Lipinski definition) is 6. The molecule has 0 aromatic heterocycles. The molecule has 11 heavy (non-hydrogen) atoms. The van der Waals surface area contributed by atoms with E-state index in [4.69, 9.17) is 28.8 Å². The van der Waals surface area contributed by atoms with Gasteiger partial charge in [-0.15, -0.1) is 0 Å². The molecule has 0 fully saturated rings. The van der Waals surface area contributed by atoms with Crippen LogP contribution in [0.15, 0.2) is 0 Å². The predicted molar refractivity (Wildman–Crippen MR) is 38.9 cm³/mol. The van der Waals surface area contributed by atoms with Crippen LogP contribution in [0.25, 0.3) is 0 Å². The Bertz CT molecular complexity index is 127. The highest BCUT2D eigenvalue weighted by Gasteiger charge is 2.63. The van der Waals surface area contributed by atoms with Crippen LogP contribution < -0.4 is 0 Å². The number of rotatable bonds is 2. The Morgan fingerprint density at radius 1 is 0.727 bits per heavy atom. The van der Waals surface area contributed by atoms with Crippen LogP contribution in [0.3, 0.4) is 0 Å². The van der Waals surface area contributed by atoms with Gasteiger partial charge >= 0.3 is 17.6 Å². The van der Waals surface area contributed by atoms with Crippen LogP contribution in [0, 0.1) is 0 Å². The molecule has 0 aromatic rings. The van der Waals surface area contributed by atoms with Crippen molar-refractivity contribution in [3.63, 3.8) is 0 Å². The molecule has 0 aliphatic heterocycles. The second-order valence-electron chi connectivity index (χ2n) is 2.90. The van der Waals surface area contributed by atoms with Gasteiger partial charge in [-0.1, -0.05) is 13.8 Å². The van der Waals surface area contributed by atoms with E-state index in [1.165, 1.54) is 0 Å². The number of hydrogen-bond donors (Lipinski definition) is 6. The molecule has 0 aliphatic carbocycles. The van der Waals surface area contributed by atoms with Gasteiger partial charge in [-0.2, -0.15) is 0 Å². The molecule has 0 atom stereocenters. The minimum atomic E-state index is -4.71. The van der Waals surface area contributed by atoms with Crippen molar-refractivity contribution in [3.05, 3.63) is 0 Å². The van der Waals surface area contributed by atoms with E-state index in [2.05, 4.69) is 0 Å². The molecule has 0 bridgehead atoms. The van der Waals surface area contributed by atoms with Gasteiger partial charge in [0.05, 0.1) is 0 Å². The first kappa shape index (κ1) is 11.2. The normalized spacial score (nSPS) is 15.3. The van der Waals surface area contributed by atoms with Crippen molar-refractivity contribution in [2.75, 3.05) is 0 Å². The molecule has 0 saturated heterocycles. The Morgan fingerprint density at radius 3 is 0.909 bits per heavy atom. The van der Waals surface area contributed by atoms with Crippen LogP contribution in [0.4, 0.5) is 0 Å². The Balaban J connectivity index is 4.75. The van der Waals surface area contributed by atoms with E-state index >= 15 is 0 Å². The first-order valence-corrected chi connectivity index (χ1v) is 6.52. The topological polar surface area (TPSA) is 121 Å². The Hall–Kier alpha value is 0.194. The van der Waals surface area contributed by atoms with Crippen molar-refractivity contribution >= 4 is 17.6 Å². The van der Waals surface area contributed by atoms with Gasteiger partial charge in [0.15, 0.2) is 0 Å². The monoisotopic (exact) mass is 200 g/mol. The highest BCUT2D eigenvalue weighted by atomic mass is 28.5. The van der Waals surface area contributed by atoms with Gasteiger partial charge in [0.1, 0.15) is 4.66 Å². The van der Waals surface area contributed by atoms with E-state index in [0.717, 1.165) is 13.8 Å². The molecule has 0 rings (SSSR count). The summed E-state index contributed by atoms with van der Waals surface area (Å²) in [4.78, 5) is 52.1. The fourth-order valence-electron chi connectivity index (χ4n) is 0.225. The van der Waals surface area contributed by atoms with Crippen LogP contribution in [0.2, 0.25) is 4.66 Å². The van der Waals surface area contributed by atoms with E-state index < -0.39 is 22.3 Å². The van der Waals surface area contributed by atoms with Crippen LogP contribution in [0.1, 0.15) is 13.8 Å². The molecule has 0 saturated carbocycles. The fraction of sp³-hybridized carbons (Fsp3) is 1.00. The van der Waals surface area contributed by atoms with Gasteiger partial charge in [-0.05, 0) is 0 Å². The Morgan fingerprint density at radius 2 is 0.909 bits per heavy atom. The van der Waals surface area contributed by atoms with E-state index in [9.17, 15) is 0 Å². The zero-order chi connectivity index (χ0) is 9.50. The van der Waals surface area contributed by atoms with E-state index in [1.54, 1.807) is 0 Å². The van der Waals surface area contributed by atoms with E-state index in [1.807, 2.05) is 0 Å². The second-order valence-corrected chi connectivity index (χ2v) is 8.44. The molecular weight excluding hydrogens is 188 g/mol. The molecular formula is C3H12O6Si2. The molecule has 68 valence electrons. The maximum absolute atomic E-state index is 8.69. The maximum atomic E-state index is 8.69. The fourth-order valence-corrected chi connectivity index (χ4v) is 2.03. The quantitative estimate of drug-likeness (QED) is 0.267. The van der Waals surface area contributed by atoms with Crippen LogP contribution in [0.5, 0.6) is 0 Å². The molecule has 0 aliphatic rings. The third-order valence-electron chi connectivity index (χ3n) is 1.68. The first-order valence-electron chi connectivity index (χ1n) is 2.84. The molecule has 6 nitrogen and oxygen atoms in total. The maximum Gasteiger partial charge on any atom is 0.503 e. The Labute approximate surface area is 65.7 Å². The lowest BCUT2D eigenvalue weighted by molar-refractivity contribution is 0.150. The van der Waals surface area contributed by atoms with Gasteiger partial charge in [0, 0.05) is 0 Å². The van der Waals surface area contributed by atoms with Gasteiger partial charge in [-0.3, -0.25) is 0 Å². The summed E-state index contributed by atoms with van der Waals surface area (Å²) >= 11 is 0. The smallest absolute Gasteiger partial charge is 0.390 e. The van der Waals surface area contributed by atoms with Crippen molar-refractivity contribution in [1.29, 1.82) is 0 Å². The van der Waals surface area contributed by atoms with Crippen molar-refractivity contribution in [2.45, 2.75) is 18.5 Å². The second kappa shape index (κ2) is 2.60. The van der Waals surface area contributed by atoms with Gasteiger partial charge < -0.3 is 28.8 Å². The molecule has 0 amide bonds. The molecule has 6 N–H and O–H groups in total. The van der Waals surface area contributed by atoms with Crippen LogP contribution in [-0.4, -0.2) is 46.4 Å². The van der Waals surface area contributed by atoms with E-state index in [0.29, 0.717) is 0 Å². The molecule has 0 unspecified atom stereocenters. The largest absolute Gasteiger partial charge is 0.503 e. The zero-order valence-electron chi connectivity index (χ0n) is 6.18. The van der Waals surface area contributed by atoms with Gasteiger partial charge in [-0.25, -0.2) is 0 Å².